The topological polar surface area (TPSA) is 24.9 Å². The van der Waals surface area contributed by atoms with Crippen LogP contribution >= 0.6 is 11.3 Å². The average molecular weight is 226 g/mol. The van der Waals surface area contributed by atoms with Crippen molar-refractivity contribution in [3.63, 3.8) is 0 Å². The van der Waals surface area contributed by atoms with Crippen molar-refractivity contribution < 1.29 is 0 Å². The number of unbranched alkanes of at least 4 members (excludes halogenated alkanes) is 1. The minimum atomic E-state index is 0.00964. The van der Waals surface area contributed by atoms with Crippen LogP contribution in [-0.2, 0) is 12.0 Å². The second-order valence-corrected chi connectivity index (χ2v) is 5.33. The van der Waals surface area contributed by atoms with E-state index in [1.165, 1.54) is 23.5 Å². The first-order valence-electron chi connectivity index (χ1n) is 5.80. The monoisotopic (exact) mass is 226 g/mol. The Labute approximate surface area is 97.1 Å². The van der Waals surface area contributed by atoms with E-state index in [2.05, 4.69) is 38.4 Å². The zero-order valence-corrected chi connectivity index (χ0v) is 11.1. The Morgan fingerprint density at radius 1 is 1.40 bits per heavy atom. The molecule has 86 valence electrons. The van der Waals surface area contributed by atoms with Gasteiger partial charge in [-0.25, -0.2) is 4.98 Å². The number of hydrogen-bond acceptors (Lipinski definition) is 3. The molecule has 1 rings (SSSR count). The minimum absolute atomic E-state index is 0.00964. The first-order valence-corrected chi connectivity index (χ1v) is 6.68. The number of aryl methyl sites for hydroxylation is 1. The molecule has 0 bridgehead atoms. The first kappa shape index (κ1) is 12.7. The number of rotatable bonds is 6. The molecule has 0 saturated heterocycles. The van der Waals surface area contributed by atoms with Crippen LogP contribution in [0.2, 0.25) is 0 Å². The zero-order chi connectivity index (χ0) is 11.3. The molecular formula is C12H22N2S. The number of thiazole rings is 1. The van der Waals surface area contributed by atoms with Crippen molar-refractivity contribution in [3.05, 3.63) is 16.1 Å². The van der Waals surface area contributed by atoms with Gasteiger partial charge >= 0.3 is 0 Å². The Kier molecular flexibility index (Phi) is 4.74. The Morgan fingerprint density at radius 3 is 2.73 bits per heavy atom. The van der Waals surface area contributed by atoms with Gasteiger partial charge in [-0.2, -0.15) is 0 Å². The molecule has 0 unspecified atom stereocenters. The molecule has 0 aliphatic rings. The molecule has 0 aliphatic heterocycles. The fraction of sp³-hybridized carbons (Fsp3) is 0.750. The third-order valence-corrected chi connectivity index (χ3v) is 3.46. The van der Waals surface area contributed by atoms with Crippen LogP contribution in [0.15, 0.2) is 5.38 Å². The van der Waals surface area contributed by atoms with Gasteiger partial charge < -0.3 is 5.32 Å². The second-order valence-electron chi connectivity index (χ2n) is 4.39. The van der Waals surface area contributed by atoms with Crippen LogP contribution in [0.4, 0.5) is 0 Å². The third-order valence-electron chi connectivity index (χ3n) is 2.56. The molecule has 3 heteroatoms. The first-order chi connectivity index (χ1) is 7.10. The van der Waals surface area contributed by atoms with E-state index in [9.17, 15) is 0 Å². The van der Waals surface area contributed by atoms with Crippen molar-refractivity contribution in [1.29, 1.82) is 0 Å². The summed E-state index contributed by atoms with van der Waals surface area (Å²) in [6, 6.07) is 0. The average Bonchev–Trinajstić information content (AvgIpc) is 2.63. The summed E-state index contributed by atoms with van der Waals surface area (Å²) in [6.07, 6.45) is 3.61. The van der Waals surface area contributed by atoms with Gasteiger partial charge in [0.25, 0.3) is 0 Å². The lowest BCUT2D eigenvalue weighted by Gasteiger charge is -2.23. The van der Waals surface area contributed by atoms with Crippen LogP contribution in [0.3, 0.4) is 0 Å². The van der Waals surface area contributed by atoms with E-state index in [4.69, 9.17) is 4.98 Å². The number of nitrogens with zero attached hydrogens (tertiary/aromatic N) is 1. The van der Waals surface area contributed by atoms with Gasteiger partial charge in [0.2, 0.25) is 0 Å². The van der Waals surface area contributed by atoms with Gasteiger partial charge in [-0.3, -0.25) is 0 Å². The molecule has 0 atom stereocenters. The molecule has 0 spiro atoms. The number of nitrogens with one attached hydrogen (secondary N) is 1. The third kappa shape index (κ3) is 3.58. The Bertz CT molecular complexity index is 292. The van der Waals surface area contributed by atoms with Crippen molar-refractivity contribution >= 4 is 11.3 Å². The fourth-order valence-corrected chi connectivity index (χ4v) is 2.58. The molecule has 1 aromatic rings. The van der Waals surface area contributed by atoms with Crippen LogP contribution in [0.25, 0.3) is 0 Å². The van der Waals surface area contributed by atoms with E-state index in [0.717, 1.165) is 13.0 Å². The van der Waals surface area contributed by atoms with E-state index >= 15 is 0 Å². The van der Waals surface area contributed by atoms with Gasteiger partial charge in [-0.15, -0.1) is 11.3 Å². The lowest BCUT2D eigenvalue weighted by molar-refractivity contribution is 0.405. The van der Waals surface area contributed by atoms with Crippen LogP contribution < -0.4 is 5.32 Å². The molecule has 1 heterocycles. The highest BCUT2D eigenvalue weighted by Gasteiger charge is 2.21. The molecule has 0 saturated carbocycles. The number of hydrogen-bond donors (Lipinski definition) is 1. The molecule has 0 aliphatic carbocycles. The number of aromatic nitrogens is 1. The van der Waals surface area contributed by atoms with Crippen molar-refractivity contribution in [2.75, 3.05) is 6.54 Å². The van der Waals surface area contributed by atoms with Crippen LogP contribution in [0.5, 0.6) is 0 Å². The smallest absolute Gasteiger partial charge is 0.0929 e. The Morgan fingerprint density at radius 2 is 2.13 bits per heavy atom. The second kappa shape index (κ2) is 5.61. The molecule has 0 aromatic carbocycles. The van der Waals surface area contributed by atoms with Crippen LogP contribution in [-0.4, -0.2) is 11.5 Å². The minimum Gasteiger partial charge on any atom is -0.307 e. The van der Waals surface area contributed by atoms with E-state index < -0.39 is 0 Å². The highest BCUT2D eigenvalue weighted by molar-refractivity contribution is 7.09. The highest BCUT2D eigenvalue weighted by Crippen LogP contribution is 2.22. The summed E-state index contributed by atoms with van der Waals surface area (Å²) in [6.45, 7) is 9.71. The molecule has 1 aromatic heterocycles. The summed E-state index contributed by atoms with van der Waals surface area (Å²) in [5.41, 5.74) is 1.19. The largest absolute Gasteiger partial charge is 0.307 e. The molecule has 0 fully saturated rings. The summed E-state index contributed by atoms with van der Waals surface area (Å²) < 4.78 is 0. The summed E-state index contributed by atoms with van der Waals surface area (Å²) >= 11 is 1.79. The van der Waals surface area contributed by atoms with Crippen LogP contribution in [0.1, 0.15) is 51.2 Å². The SMILES string of the molecule is CCCCc1nc(C(C)(C)NCC)cs1. The Hall–Kier alpha value is -0.410. The normalized spacial score (nSPS) is 12.0. The zero-order valence-electron chi connectivity index (χ0n) is 10.3. The van der Waals surface area contributed by atoms with Crippen molar-refractivity contribution in [2.45, 2.75) is 52.5 Å². The summed E-state index contributed by atoms with van der Waals surface area (Å²) in [5.74, 6) is 0. The van der Waals surface area contributed by atoms with E-state index in [-0.39, 0.29) is 5.54 Å². The fourth-order valence-electron chi connectivity index (χ4n) is 1.57. The van der Waals surface area contributed by atoms with Gasteiger partial charge in [-0.05, 0) is 33.2 Å². The molecule has 2 nitrogen and oxygen atoms in total. The summed E-state index contributed by atoms with van der Waals surface area (Å²) in [4.78, 5) is 4.69. The molecule has 0 radical (unpaired) electrons. The van der Waals surface area contributed by atoms with Gasteiger partial charge in [0.15, 0.2) is 0 Å². The van der Waals surface area contributed by atoms with Crippen molar-refractivity contribution in [1.82, 2.24) is 10.3 Å². The molecule has 1 N–H and O–H groups in total. The lowest BCUT2D eigenvalue weighted by Crippen LogP contribution is -2.36. The maximum absolute atomic E-state index is 4.69. The predicted octanol–water partition coefficient (Wildman–Crippen LogP) is 3.33. The van der Waals surface area contributed by atoms with Crippen molar-refractivity contribution in [3.8, 4) is 0 Å². The van der Waals surface area contributed by atoms with E-state index in [0.29, 0.717) is 0 Å². The highest BCUT2D eigenvalue weighted by atomic mass is 32.1. The Balaban J connectivity index is 2.66. The van der Waals surface area contributed by atoms with Crippen LogP contribution in [0, 0.1) is 0 Å². The maximum Gasteiger partial charge on any atom is 0.0929 e. The van der Waals surface area contributed by atoms with Gasteiger partial charge in [0.05, 0.1) is 16.2 Å². The van der Waals surface area contributed by atoms with E-state index in [1.54, 1.807) is 11.3 Å². The standard InChI is InChI=1S/C12H22N2S/c1-5-7-8-11-14-10(9-15-11)12(3,4)13-6-2/h9,13H,5-8H2,1-4H3. The summed E-state index contributed by atoms with van der Waals surface area (Å²) in [5, 5.41) is 6.92. The maximum atomic E-state index is 4.69. The van der Waals surface area contributed by atoms with Gasteiger partial charge in [-0.1, -0.05) is 20.3 Å². The van der Waals surface area contributed by atoms with Gasteiger partial charge in [0, 0.05) is 5.38 Å². The van der Waals surface area contributed by atoms with Crippen molar-refractivity contribution in [2.24, 2.45) is 0 Å². The summed E-state index contributed by atoms with van der Waals surface area (Å²) in [7, 11) is 0. The predicted molar refractivity (Wildman–Crippen MR) is 67.4 cm³/mol. The van der Waals surface area contributed by atoms with Gasteiger partial charge in [0.1, 0.15) is 0 Å². The van der Waals surface area contributed by atoms with E-state index in [1.807, 2.05) is 0 Å². The lowest BCUT2D eigenvalue weighted by atomic mass is 10.0. The molecule has 0 amide bonds. The molecule has 15 heavy (non-hydrogen) atoms. The quantitative estimate of drug-likeness (QED) is 0.805. The molecular weight excluding hydrogens is 204 g/mol.